The highest BCUT2D eigenvalue weighted by Gasteiger charge is 2.24. The van der Waals surface area contributed by atoms with Gasteiger partial charge in [0.15, 0.2) is 5.69 Å². The first-order valence-corrected chi connectivity index (χ1v) is 11.6. The molecule has 3 N–H and O–H groups in total. The maximum atomic E-state index is 13.1. The summed E-state index contributed by atoms with van der Waals surface area (Å²) >= 11 is 12.6. The minimum absolute atomic E-state index is 0.214. The first-order valence-electron chi connectivity index (χ1n) is 10.9. The lowest BCUT2D eigenvalue weighted by Crippen LogP contribution is -2.45. The van der Waals surface area contributed by atoms with Crippen molar-refractivity contribution in [2.24, 2.45) is 5.73 Å². The zero-order chi connectivity index (χ0) is 22.7. The quantitative estimate of drug-likeness (QED) is 0.541. The molecule has 1 aliphatic heterocycles. The Kier molecular flexibility index (Phi) is 7.16. The van der Waals surface area contributed by atoms with Gasteiger partial charge < -0.3 is 5.73 Å². The Morgan fingerprint density at radius 3 is 2.47 bits per heavy atom. The Labute approximate surface area is 198 Å². The highest BCUT2D eigenvalue weighted by molar-refractivity contribution is 6.35. The fraction of sp³-hybridized carbons (Fsp3) is 0.333. The molecule has 0 atom stereocenters. The monoisotopic (exact) mass is 471 g/mol. The van der Waals surface area contributed by atoms with Gasteiger partial charge in [0.25, 0.3) is 5.91 Å². The molecule has 4 rings (SSSR count). The van der Waals surface area contributed by atoms with Crippen molar-refractivity contribution in [3.8, 4) is 16.9 Å². The summed E-state index contributed by atoms with van der Waals surface area (Å²) in [5.74, 6) is -0.214. The topological polar surface area (TPSA) is 76.2 Å². The van der Waals surface area contributed by atoms with E-state index in [9.17, 15) is 4.79 Å². The Hall–Kier alpha value is -2.38. The molecule has 8 heteroatoms. The lowest BCUT2D eigenvalue weighted by atomic mass is 10.0. The molecule has 0 aliphatic carbocycles. The van der Waals surface area contributed by atoms with Crippen LogP contribution in [0, 0.1) is 6.92 Å². The molecule has 32 heavy (non-hydrogen) atoms. The first kappa shape index (κ1) is 22.8. The molecule has 2 aromatic carbocycles. The van der Waals surface area contributed by atoms with Crippen LogP contribution in [0.3, 0.4) is 0 Å². The molecule has 1 amide bonds. The number of hydrazine groups is 1. The van der Waals surface area contributed by atoms with Gasteiger partial charge in [-0.1, -0.05) is 53.9 Å². The second kappa shape index (κ2) is 10.0. The van der Waals surface area contributed by atoms with Crippen LogP contribution in [0.4, 0.5) is 0 Å². The number of hydrogen-bond acceptors (Lipinski definition) is 4. The number of carbonyl (C=O) groups is 1. The predicted octanol–water partition coefficient (Wildman–Crippen LogP) is 4.79. The number of piperidine rings is 1. The standard InChI is InChI=1S/C24H27Cl2N5O/c1-16-22(24(32)29-30-13-3-2-4-14-30)28-31(21-10-9-19(25)15-20(21)26)23(16)18-7-5-17(6-8-18)11-12-27/h5-10,15H,2-4,11-14,27H2,1H3,(H,29,32). The molecule has 6 nitrogen and oxygen atoms in total. The zero-order valence-corrected chi connectivity index (χ0v) is 19.6. The van der Waals surface area contributed by atoms with E-state index < -0.39 is 0 Å². The lowest BCUT2D eigenvalue weighted by Gasteiger charge is -2.26. The smallest absolute Gasteiger partial charge is 0.286 e. The van der Waals surface area contributed by atoms with Gasteiger partial charge in [0.05, 0.1) is 16.4 Å². The molecule has 168 valence electrons. The van der Waals surface area contributed by atoms with Gasteiger partial charge in [0.2, 0.25) is 0 Å². The lowest BCUT2D eigenvalue weighted by molar-refractivity contribution is 0.0743. The van der Waals surface area contributed by atoms with Gasteiger partial charge in [-0.15, -0.1) is 0 Å². The number of aromatic nitrogens is 2. The number of halogens is 2. The molecule has 0 spiro atoms. The maximum absolute atomic E-state index is 13.1. The molecule has 0 saturated carbocycles. The molecule has 3 aromatic rings. The second-order valence-corrected chi connectivity index (χ2v) is 8.90. The normalized spacial score (nSPS) is 14.5. The second-order valence-electron chi connectivity index (χ2n) is 8.05. The van der Waals surface area contributed by atoms with Crippen LogP contribution in [-0.4, -0.2) is 40.3 Å². The van der Waals surface area contributed by atoms with Gasteiger partial charge in [-0.2, -0.15) is 5.10 Å². The number of nitrogens with zero attached hydrogens (tertiary/aromatic N) is 3. The number of nitrogens with one attached hydrogen (secondary N) is 1. The number of carbonyl (C=O) groups excluding carboxylic acids is 1. The number of hydrogen-bond donors (Lipinski definition) is 2. The molecule has 0 radical (unpaired) electrons. The molecular weight excluding hydrogens is 445 g/mol. The van der Waals surface area contributed by atoms with Crippen LogP contribution >= 0.6 is 23.2 Å². The number of rotatable bonds is 6. The summed E-state index contributed by atoms with van der Waals surface area (Å²) in [5.41, 5.74) is 13.5. The van der Waals surface area contributed by atoms with Crippen molar-refractivity contribution in [1.29, 1.82) is 0 Å². The Morgan fingerprint density at radius 2 is 1.81 bits per heavy atom. The van der Waals surface area contributed by atoms with Crippen molar-refractivity contribution in [3.05, 3.63) is 69.3 Å². The Balaban J connectivity index is 1.78. The summed E-state index contributed by atoms with van der Waals surface area (Å²) in [4.78, 5) is 13.1. The van der Waals surface area contributed by atoms with Crippen LogP contribution in [0.15, 0.2) is 42.5 Å². The minimum Gasteiger partial charge on any atom is -0.330 e. The van der Waals surface area contributed by atoms with E-state index in [0.29, 0.717) is 28.0 Å². The highest BCUT2D eigenvalue weighted by Crippen LogP contribution is 2.33. The third-order valence-electron chi connectivity index (χ3n) is 5.75. The van der Waals surface area contributed by atoms with Crippen LogP contribution in [0.25, 0.3) is 16.9 Å². The van der Waals surface area contributed by atoms with Crippen LogP contribution in [0.2, 0.25) is 10.0 Å². The zero-order valence-electron chi connectivity index (χ0n) is 18.1. The third kappa shape index (κ3) is 4.84. The van der Waals surface area contributed by atoms with E-state index in [-0.39, 0.29) is 5.91 Å². The molecule has 1 aromatic heterocycles. The Bertz CT molecular complexity index is 1100. The molecule has 1 saturated heterocycles. The van der Waals surface area contributed by atoms with Crippen LogP contribution in [-0.2, 0) is 6.42 Å². The molecule has 1 aliphatic rings. The number of amides is 1. The average Bonchev–Trinajstić information content (AvgIpc) is 3.12. The summed E-state index contributed by atoms with van der Waals surface area (Å²) in [7, 11) is 0. The van der Waals surface area contributed by atoms with E-state index in [4.69, 9.17) is 34.0 Å². The van der Waals surface area contributed by atoms with Crippen LogP contribution < -0.4 is 11.2 Å². The van der Waals surface area contributed by atoms with Gasteiger partial charge in [-0.3, -0.25) is 10.2 Å². The van der Waals surface area contributed by atoms with E-state index in [0.717, 1.165) is 54.7 Å². The first-order chi connectivity index (χ1) is 15.5. The van der Waals surface area contributed by atoms with Crippen LogP contribution in [0.1, 0.15) is 40.9 Å². The van der Waals surface area contributed by atoms with Crippen molar-refractivity contribution < 1.29 is 4.79 Å². The SMILES string of the molecule is Cc1c(C(=O)NN2CCCCC2)nn(-c2ccc(Cl)cc2Cl)c1-c1ccc(CCN)cc1. The van der Waals surface area contributed by atoms with E-state index >= 15 is 0 Å². The van der Waals surface area contributed by atoms with Crippen LogP contribution in [0.5, 0.6) is 0 Å². The van der Waals surface area contributed by atoms with E-state index in [1.165, 1.54) is 6.42 Å². The summed E-state index contributed by atoms with van der Waals surface area (Å²) in [5, 5.41) is 7.68. The largest absolute Gasteiger partial charge is 0.330 e. The van der Waals surface area contributed by atoms with Crippen molar-refractivity contribution >= 4 is 29.1 Å². The number of nitrogens with two attached hydrogens (primary N) is 1. The molecule has 1 fully saturated rings. The van der Waals surface area contributed by atoms with Gasteiger partial charge in [-0.25, -0.2) is 9.69 Å². The van der Waals surface area contributed by atoms with Gasteiger partial charge in [0, 0.05) is 29.2 Å². The molecule has 2 heterocycles. The maximum Gasteiger partial charge on any atom is 0.286 e. The van der Waals surface area contributed by atoms with Crippen molar-refractivity contribution in [1.82, 2.24) is 20.2 Å². The highest BCUT2D eigenvalue weighted by atomic mass is 35.5. The predicted molar refractivity (Wildman–Crippen MR) is 129 cm³/mol. The number of benzene rings is 2. The van der Waals surface area contributed by atoms with E-state index in [1.807, 2.05) is 30.1 Å². The summed E-state index contributed by atoms with van der Waals surface area (Å²) in [6.45, 7) is 4.22. The molecule has 0 unspecified atom stereocenters. The third-order valence-corrected chi connectivity index (χ3v) is 6.29. The van der Waals surface area contributed by atoms with Gasteiger partial charge in [-0.05, 0) is 56.5 Å². The molecular formula is C24H27Cl2N5O. The van der Waals surface area contributed by atoms with Crippen molar-refractivity contribution in [2.75, 3.05) is 19.6 Å². The fourth-order valence-electron chi connectivity index (χ4n) is 4.08. The Morgan fingerprint density at radius 1 is 1.09 bits per heavy atom. The molecule has 0 bridgehead atoms. The van der Waals surface area contributed by atoms with Gasteiger partial charge in [0.1, 0.15) is 0 Å². The van der Waals surface area contributed by atoms with Crippen molar-refractivity contribution in [2.45, 2.75) is 32.6 Å². The summed E-state index contributed by atoms with van der Waals surface area (Å²) in [6, 6.07) is 13.4. The van der Waals surface area contributed by atoms with Gasteiger partial charge >= 0.3 is 0 Å². The summed E-state index contributed by atoms with van der Waals surface area (Å²) < 4.78 is 1.73. The minimum atomic E-state index is -0.214. The van der Waals surface area contributed by atoms with E-state index in [1.54, 1.807) is 16.8 Å². The van der Waals surface area contributed by atoms with E-state index in [2.05, 4.69) is 17.6 Å². The summed E-state index contributed by atoms with van der Waals surface area (Å²) in [6.07, 6.45) is 4.16. The average molecular weight is 472 g/mol. The fourth-order valence-corrected chi connectivity index (χ4v) is 4.56. The van der Waals surface area contributed by atoms with Crippen molar-refractivity contribution in [3.63, 3.8) is 0 Å².